The van der Waals surface area contributed by atoms with Gasteiger partial charge in [-0.1, -0.05) is 24.3 Å². The molecule has 0 bridgehead atoms. The van der Waals surface area contributed by atoms with Crippen molar-refractivity contribution < 1.29 is 4.79 Å². The highest BCUT2D eigenvalue weighted by Crippen LogP contribution is 2.17. The van der Waals surface area contributed by atoms with Gasteiger partial charge >= 0.3 is 0 Å². The molecule has 26 heavy (non-hydrogen) atoms. The van der Waals surface area contributed by atoms with Gasteiger partial charge in [0.05, 0.1) is 0 Å². The minimum absolute atomic E-state index is 0. The van der Waals surface area contributed by atoms with Gasteiger partial charge in [-0.05, 0) is 75.3 Å². The van der Waals surface area contributed by atoms with Gasteiger partial charge in [-0.2, -0.15) is 0 Å². The number of benzene rings is 1. The monoisotopic (exact) mass is 401 g/mol. The van der Waals surface area contributed by atoms with E-state index >= 15 is 0 Å². The Labute approximate surface area is 170 Å². The highest BCUT2D eigenvalue weighted by atomic mass is 35.5. The summed E-state index contributed by atoms with van der Waals surface area (Å²) < 4.78 is 0. The van der Waals surface area contributed by atoms with Crippen molar-refractivity contribution in [3.05, 3.63) is 35.4 Å². The van der Waals surface area contributed by atoms with Crippen LogP contribution in [0.5, 0.6) is 0 Å². The van der Waals surface area contributed by atoms with Crippen LogP contribution in [0, 0.1) is 5.92 Å². The Bertz CT molecular complexity index is 512. The molecule has 0 unspecified atom stereocenters. The Morgan fingerprint density at radius 2 is 1.65 bits per heavy atom. The van der Waals surface area contributed by atoms with Crippen LogP contribution in [-0.2, 0) is 17.9 Å². The van der Waals surface area contributed by atoms with Crippen LogP contribution < -0.4 is 10.6 Å². The fourth-order valence-electron chi connectivity index (χ4n) is 3.76. The first-order valence-electron chi connectivity index (χ1n) is 9.57. The van der Waals surface area contributed by atoms with Gasteiger partial charge in [0, 0.05) is 19.5 Å². The molecule has 3 rings (SSSR count). The lowest BCUT2D eigenvalue weighted by Crippen LogP contribution is -2.29. The number of hydrogen-bond acceptors (Lipinski definition) is 3. The smallest absolute Gasteiger partial charge is 0.220 e. The lowest BCUT2D eigenvalue weighted by molar-refractivity contribution is -0.121. The summed E-state index contributed by atoms with van der Waals surface area (Å²) in [5.74, 6) is 0.913. The number of piperidine rings is 1. The van der Waals surface area contributed by atoms with Crippen LogP contribution in [-0.4, -0.2) is 37.0 Å². The molecule has 2 heterocycles. The zero-order chi connectivity index (χ0) is 16.6. The number of hydrogen-bond donors (Lipinski definition) is 2. The summed E-state index contributed by atoms with van der Waals surface area (Å²) in [6, 6.07) is 8.71. The van der Waals surface area contributed by atoms with E-state index < -0.39 is 0 Å². The minimum atomic E-state index is 0. The second-order valence-electron chi connectivity index (χ2n) is 7.31. The van der Waals surface area contributed by atoms with Crippen molar-refractivity contribution in [2.45, 2.75) is 51.6 Å². The number of halogens is 2. The molecule has 2 aliphatic heterocycles. The van der Waals surface area contributed by atoms with Gasteiger partial charge in [-0.15, -0.1) is 24.8 Å². The third-order valence-electron chi connectivity index (χ3n) is 5.36. The third kappa shape index (κ3) is 7.83. The molecule has 2 saturated heterocycles. The quantitative estimate of drug-likeness (QED) is 0.734. The first kappa shape index (κ1) is 23.2. The van der Waals surface area contributed by atoms with E-state index in [2.05, 4.69) is 39.8 Å². The molecule has 2 N–H and O–H groups in total. The van der Waals surface area contributed by atoms with Gasteiger partial charge in [0.1, 0.15) is 0 Å². The largest absolute Gasteiger partial charge is 0.352 e. The van der Waals surface area contributed by atoms with Crippen LogP contribution in [0.4, 0.5) is 0 Å². The summed E-state index contributed by atoms with van der Waals surface area (Å²) in [5.41, 5.74) is 2.56. The fourth-order valence-corrected chi connectivity index (χ4v) is 3.76. The fraction of sp³-hybridized carbons (Fsp3) is 0.650. The standard InChI is InChI=1S/C20H31N3O.2ClH/c24-20(8-7-17-9-11-21-12-10-17)22-15-18-3-5-19(6-4-18)16-23-13-1-2-14-23;;/h3-6,17,21H,1-2,7-16H2,(H,22,24);2*1H. The van der Waals surface area contributed by atoms with Gasteiger partial charge in [0.25, 0.3) is 0 Å². The van der Waals surface area contributed by atoms with E-state index in [1.54, 1.807) is 0 Å². The van der Waals surface area contributed by atoms with E-state index in [-0.39, 0.29) is 30.7 Å². The lowest BCUT2D eigenvalue weighted by atomic mass is 9.93. The molecule has 0 spiro atoms. The van der Waals surface area contributed by atoms with Gasteiger partial charge in [0.2, 0.25) is 5.91 Å². The molecule has 0 aliphatic carbocycles. The number of rotatable bonds is 7. The Balaban J connectivity index is 0.00000169. The van der Waals surface area contributed by atoms with E-state index in [0.717, 1.165) is 32.0 Å². The van der Waals surface area contributed by atoms with E-state index in [9.17, 15) is 4.79 Å². The van der Waals surface area contributed by atoms with Crippen molar-refractivity contribution in [2.75, 3.05) is 26.2 Å². The second kappa shape index (κ2) is 12.6. The SMILES string of the molecule is Cl.Cl.O=C(CCC1CCNCC1)NCc1ccc(CN2CCCC2)cc1. The van der Waals surface area contributed by atoms with Crippen LogP contribution in [0.3, 0.4) is 0 Å². The number of amides is 1. The molecule has 2 aliphatic rings. The van der Waals surface area contributed by atoms with Crippen LogP contribution in [0.15, 0.2) is 24.3 Å². The third-order valence-corrected chi connectivity index (χ3v) is 5.36. The maximum absolute atomic E-state index is 12.0. The van der Waals surface area contributed by atoms with Crippen LogP contribution >= 0.6 is 24.8 Å². The van der Waals surface area contributed by atoms with Gasteiger partial charge in [-0.25, -0.2) is 0 Å². The van der Waals surface area contributed by atoms with E-state index in [0.29, 0.717) is 13.0 Å². The molecule has 0 saturated carbocycles. The highest BCUT2D eigenvalue weighted by molar-refractivity contribution is 5.85. The highest BCUT2D eigenvalue weighted by Gasteiger charge is 2.14. The first-order chi connectivity index (χ1) is 11.8. The number of carbonyl (C=O) groups is 1. The van der Waals surface area contributed by atoms with Crippen LogP contribution in [0.2, 0.25) is 0 Å². The summed E-state index contributed by atoms with van der Waals surface area (Å²) in [5, 5.41) is 6.44. The molecule has 0 atom stereocenters. The summed E-state index contributed by atoms with van der Waals surface area (Å²) in [6.45, 7) is 6.38. The van der Waals surface area contributed by atoms with E-state index in [4.69, 9.17) is 0 Å². The molecule has 1 aromatic rings. The topological polar surface area (TPSA) is 44.4 Å². The Kier molecular flexibility index (Phi) is 11.2. The van der Waals surface area contributed by atoms with Gasteiger partial charge in [-0.3, -0.25) is 9.69 Å². The van der Waals surface area contributed by atoms with Gasteiger partial charge < -0.3 is 10.6 Å². The number of nitrogens with one attached hydrogen (secondary N) is 2. The van der Waals surface area contributed by atoms with E-state index in [1.165, 1.54) is 49.9 Å². The lowest BCUT2D eigenvalue weighted by Gasteiger charge is -2.22. The normalized spacial score (nSPS) is 18.0. The van der Waals surface area contributed by atoms with Crippen molar-refractivity contribution in [3.8, 4) is 0 Å². The molecule has 1 amide bonds. The minimum Gasteiger partial charge on any atom is -0.352 e. The summed E-state index contributed by atoms with van der Waals surface area (Å²) >= 11 is 0. The molecular weight excluding hydrogens is 369 g/mol. The molecule has 0 aromatic heterocycles. The zero-order valence-corrected chi connectivity index (χ0v) is 17.2. The molecule has 2 fully saturated rings. The molecule has 6 heteroatoms. The molecular formula is C20H33Cl2N3O. The number of nitrogens with zero attached hydrogens (tertiary/aromatic N) is 1. The van der Waals surface area contributed by atoms with E-state index in [1.807, 2.05) is 0 Å². The Morgan fingerprint density at radius 3 is 2.31 bits per heavy atom. The molecule has 148 valence electrons. The number of carbonyl (C=O) groups excluding carboxylic acids is 1. The Morgan fingerprint density at radius 1 is 1.04 bits per heavy atom. The molecule has 4 nitrogen and oxygen atoms in total. The predicted molar refractivity (Wildman–Crippen MR) is 112 cm³/mol. The average Bonchev–Trinajstić information content (AvgIpc) is 3.13. The van der Waals surface area contributed by atoms with Crippen molar-refractivity contribution in [3.63, 3.8) is 0 Å². The van der Waals surface area contributed by atoms with Crippen molar-refractivity contribution in [2.24, 2.45) is 5.92 Å². The van der Waals surface area contributed by atoms with Crippen molar-refractivity contribution >= 4 is 30.7 Å². The van der Waals surface area contributed by atoms with Crippen LogP contribution in [0.25, 0.3) is 0 Å². The zero-order valence-electron chi connectivity index (χ0n) is 15.5. The Hall–Kier alpha value is -0.810. The maximum atomic E-state index is 12.0. The predicted octanol–water partition coefficient (Wildman–Crippen LogP) is 3.52. The maximum Gasteiger partial charge on any atom is 0.220 e. The van der Waals surface area contributed by atoms with Crippen molar-refractivity contribution in [1.82, 2.24) is 15.5 Å². The number of likely N-dealkylation sites (tertiary alicyclic amines) is 1. The summed E-state index contributed by atoms with van der Waals surface area (Å²) in [7, 11) is 0. The summed E-state index contributed by atoms with van der Waals surface area (Å²) in [4.78, 5) is 14.5. The summed E-state index contributed by atoms with van der Waals surface area (Å²) in [6.07, 6.45) is 6.79. The van der Waals surface area contributed by atoms with Gasteiger partial charge in [0.15, 0.2) is 0 Å². The van der Waals surface area contributed by atoms with Crippen molar-refractivity contribution in [1.29, 1.82) is 0 Å². The second-order valence-corrected chi connectivity index (χ2v) is 7.31. The molecule has 1 aromatic carbocycles. The average molecular weight is 402 g/mol. The first-order valence-corrected chi connectivity index (χ1v) is 9.57. The molecule has 0 radical (unpaired) electrons. The van der Waals surface area contributed by atoms with Crippen LogP contribution in [0.1, 0.15) is 49.7 Å².